The largest absolute Gasteiger partial charge is 0.475 e. The van der Waals surface area contributed by atoms with Crippen LogP contribution in [0.1, 0.15) is 34.7 Å². The van der Waals surface area contributed by atoms with Crippen LogP contribution in [0.25, 0.3) is 0 Å². The maximum atomic E-state index is 12.3. The molecule has 21 heavy (non-hydrogen) atoms. The summed E-state index contributed by atoms with van der Waals surface area (Å²) >= 11 is 0. The standard InChI is InChI=1S/C16H15NO4/c18-15-7-3-5-11-4-1-2-6-13(11)17(15)10-12-8-9-14(21-12)16(19)20/h1-2,4,6,8-9H,3,5,7,10H2,(H,19,20). The third-order valence-corrected chi connectivity index (χ3v) is 3.61. The summed E-state index contributed by atoms with van der Waals surface area (Å²) in [5, 5.41) is 8.88. The van der Waals surface area contributed by atoms with E-state index in [1.54, 1.807) is 11.0 Å². The molecule has 5 heteroatoms. The van der Waals surface area contributed by atoms with Crippen LogP contribution in [0, 0.1) is 0 Å². The van der Waals surface area contributed by atoms with Crippen molar-refractivity contribution in [2.24, 2.45) is 0 Å². The molecule has 0 saturated heterocycles. The molecule has 1 amide bonds. The molecule has 0 bridgehead atoms. The first-order valence-electron chi connectivity index (χ1n) is 6.85. The zero-order valence-corrected chi connectivity index (χ0v) is 11.4. The highest BCUT2D eigenvalue weighted by molar-refractivity contribution is 5.94. The van der Waals surface area contributed by atoms with Crippen molar-refractivity contribution in [2.45, 2.75) is 25.8 Å². The van der Waals surface area contributed by atoms with Gasteiger partial charge in [-0.1, -0.05) is 18.2 Å². The number of aromatic carboxylic acids is 1. The van der Waals surface area contributed by atoms with Gasteiger partial charge in [-0.15, -0.1) is 0 Å². The van der Waals surface area contributed by atoms with E-state index in [0.717, 1.165) is 24.1 Å². The Kier molecular flexibility index (Phi) is 3.48. The van der Waals surface area contributed by atoms with Crippen LogP contribution >= 0.6 is 0 Å². The Hall–Kier alpha value is -2.56. The van der Waals surface area contributed by atoms with Crippen molar-refractivity contribution in [3.63, 3.8) is 0 Å². The summed E-state index contributed by atoms with van der Waals surface area (Å²) in [4.78, 5) is 24.8. The maximum Gasteiger partial charge on any atom is 0.371 e. The Morgan fingerprint density at radius 1 is 1.19 bits per heavy atom. The van der Waals surface area contributed by atoms with Gasteiger partial charge in [0.2, 0.25) is 11.7 Å². The fraction of sp³-hybridized carbons (Fsp3) is 0.250. The van der Waals surface area contributed by atoms with Gasteiger partial charge in [0.15, 0.2) is 0 Å². The molecular weight excluding hydrogens is 270 g/mol. The van der Waals surface area contributed by atoms with E-state index < -0.39 is 5.97 Å². The van der Waals surface area contributed by atoms with E-state index in [2.05, 4.69) is 0 Å². The first kappa shape index (κ1) is 13.4. The molecule has 5 nitrogen and oxygen atoms in total. The van der Waals surface area contributed by atoms with Crippen molar-refractivity contribution in [2.75, 3.05) is 4.90 Å². The second kappa shape index (κ2) is 5.44. The Balaban J connectivity index is 1.91. The fourth-order valence-electron chi connectivity index (χ4n) is 2.59. The third-order valence-electron chi connectivity index (χ3n) is 3.61. The number of amides is 1. The summed E-state index contributed by atoms with van der Waals surface area (Å²) in [6.45, 7) is 0.253. The second-order valence-electron chi connectivity index (χ2n) is 5.03. The van der Waals surface area contributed by atoms with Gasteiger partial charge in [-0.2, -0.15) is 0 Å². The average Bonchev–Trinajstić information content (AvgIpc) is 2.88. The van der Waals surface area contributed by atoms with Crippen LogP contribution in [0.3, 0.4) is 0 Å². The summed E-state index contributed by atoms with van der Waals surface area (Å²) in [6, 6.07) is 10.8. The minimum absolute atomic E-state index is 0.0354. The van der Waals surface area contributed by atoms with E-state index in [-0.39, 0.29) is 18.2 Å². The van der Waals surface area contributed by atoms with E-state index in [0.29, 0.717) is 12.2 Å². The minimum Gasteiger partial charge on any atom is -0.475 e. The lowest BCUT2D eigenvalue weighted by Crippen LogP contribution is -2.29. The SMILES string of the molecule is O=C(O)c1ccc(CN2C(=O)CCCc3ccccc32)o1. The number of carbonyl (C=O) groups excluding carboxylic acids is 1. The highest BCUT2D eigenvalue weighted by atomic mass is 16.4. The van der Waals surface area contributed by atoms with Crippen molar-refractivity contribution in [3.8, 4) is 0 Å². The molecule has 0 atom stereocenters. The predicted molar refractivity (Wildman–Crippen MR) is 76.2 cm³/mol. The van der Waals surface area contributed by atoms with E-state index in [1.165, 1.54) is 6.07 Å². The van der Waals surface area contributed by atoms with Crippen molar-refractivity contribution < 1.29 is 19.1 Å². The minimum atomic E-state index is -1.11. The number of rotatable bonds is 3. The Morgan fingerprint density at radius 3 is 2.76 bits per heavy atom. The fourth-order valence-corrected chi connectivity index (χ4v) is 2.59. The quantitative estimate of drug-likeness (QED) is 0.941. The van der Waals surface area contributed by atoms with Gasteiger partial charge >= 0.3 is 5.97 Å². The maximum absolute atomic E-state index is 12.3. The molecule has 0 fully saturated rings. The topological polar surface area (TPSA) is 70.8 Å². The number of nitrogens with zero attached hydrogens (tertiary/aromatic N) is 1. The van der Waals surface area contributed by atoms with Crippen LogP contribution in [0.15, 0.2) is 40.8 Å². The molecule has 0 radical (unpaired) electrons. The number of anilines is 1. The number of aryl methyl sites for hydroxylation is 1. The van der Waals surface area contributed by atoms with Crippen molar-refractivity contribution >= 4 is 17.6 Å². The van der Waals surface area contributed by atoms with Crippen LogP contribution in [0.2, 0.25) is 0 Å². The molecule has 2 aromatic rings. The van der Waals surface area contributed by atoms with Gasteiger partial charge in [-0.25, -0.2) is 4.79 Å². The lowest BCUT2D eigenvalue weighted by atomic mass is 10.1. The van der Waals surface area contributed by atoms with Crippen LogP contribution in [0.4, 0.5) is 5.69 Å². The van der Waals surface area contributed by atoms with Gasteiger partial charge in [0.05, 0.1) is 6.54 Å². The number of hydrogen-bond donors (Lipinski definition) is 1. The number of para-hydroxylation sites is 1. The molecule has 1 N–H and O–H groups in total. The molecular formula is C16H15NO4. The van der Waals surface area contributed by atoms with Crippen LogP contribution in [0.5, 0.6) is 0 Å². The van der Waals surface area contributed by atoms with Gasteiger partial charge in [0.25, 0.3) is 0 Å². The summed E-state index contributed by atoms with van der Waals surface area (Å²) < 4.78 is 5.26. The summed E-state index contributed by atoms with van der Waals surface area (Å²) in [5.41, 5.74) is 2.02. The average molecular weight is 285 g/mol. The molecule has 1 aliphatic rings. The van der Waals surface area contributed by atoms with Gasteiger partial charge in [0, 0.05) is 12.1 Å². The lowest BCUT2D eigenvalue weighted by Gasteiger charge is -2.21. The van der Waals surface area contributed by atoms with Gasteiger partial charge in [0.1, 0.15) is 5.76 Å². The number of carboxylic acid groups (broad SMARTS) is 1. The van der Waals surface area contributed by atoms with Crippen LogP contribution < -0.4 is 4.90 Å². The number of furan rings is 1. The molecule has 1 aromatic carbocycles. The second-order valence-corrected chi connectivity index (χ2v) is 5.03. The van der Waals surface area contributed by atoms with E-state index in [4.69, 9.17) is 9.52 Å². The smallest absolute Gasteiger partial charge is 0.371 e. The van der Waals surface area contributed by atoms with Crippen molar-refractivity contribution in [1.82, 2.24) is 0 Å². The number of benzene rings is 1. The summed E-state index contributed by atoms with van der Waals surface area (Å²) in [5.74, 6) is -0.713. The zero-order valence-electron chi connectivity index (χ0n) is 11.4. The first-order chi connectivity index (χ1) is 10.1. The van der Waals surface area contributed by atoms with Crippen LogP contribution in [-0.4, -0.2) is 17.0 Å². The molecule has 1 aromatic heterocycles. The molecule has 108 valence electrons. The molecule has 0 aliphatic carbocycles. The number of hydrogen-bond acceptors (Lipinski definition) is 3. The third kappa shape index (κ3) is 2.67. The Labute approximate surface area is 121 Å². The number of carbonyl (C=O) groups is 2. The molecule has 1 aliphatic heterocycles. The lowest BCUT2D eigenvalue weighted by molar-refractivity contribution is -0.118. The zero-order chi connectivity index (χ0) is 14.8. The van der Waals surface area contributed by atoms with Gasteiger partial charge in [-0.05, 0) is 36.6 Å². The van der Waals surface area contributed by atoms with E-state index in [9.17, 15) is 9.59 Å². The van der Waals surface area contributed by atoms with Crippen molar-refractivity contribution in [3.05, 3.63) is 53.5 Å². The molecule has 3 rings (SSSR count). The molecule has 0 saturated carbocycles. The predicted octanol–water partition coefficient (Wildman–Crippen LogP) is 2.85. The van der Waals surface area contributed by atoms with Gasteiger partial charge < -0.3 is 14.4 Å². The summed E-state index contributed by atoms with van der Waals surface area (Å²) in [6.07, 6.45) is 2.18. The van der Waals surface area contributed by atoms with E-state index >= 15 is 0 Å². The van der Waals surface area contributed by atoms with Crippen LogP contribution in [-0.2, 0) is 17.8 Å². The highest BCUT2D eigenvalue weighted by Crippen LogP contribution is 2.28. The molecule has 0 unspecified atom stereocenters. The van der Waals surface area contributed by atoms with Gasteiger partial charge in [-0.3, -0.25) is 4.79 Å². The molecule has 0 spiro atoms. The van der Waals surface area contributed by atoms with Crippen molar-refractivity contribution in [1.29, 1.82) is 0 Å². The van der Waals surface area contributed by atoms with E-state index in [1.807, 2.05) is 24.3 Å². The summed E-state index contributed by atoms with van der Waals surface area (Å²) in [7, 11) is 0. The molecule has 2 heterocycles. The number of carboxylic acids is 1. The first-order valence-corrected chi connectivity index (χ1v) is 6.85. The monoisotopic (exact) mass is 285 g/mol. The highest BCUT2D eigenvalue weighted by Gasteiger charge is 2.23. The Morgan fingerprint density at radius 2 is 2.00 bits per heavy atom. The normalized spacial score (nSPS) is 14.7. The number of fused-ring (bicyclic) bond motifs is 1. The Bertz CT molecular complexity index is 689.